The lowest BCUT2D eigenvalue weighted by atomic mass is 10.0. The highest BCUT2D eigenvalue weighted by molar-refractivity contribution is 9.10. The van der Waals surface area contributed by atoms with Crippen molar-refractivity contribution in [3.8, 4) is 0 Å². The molecule has 1 aromatic rings. The summed E-state index contributed by atoms with van der Waals surface area (Å²) in [6.45, 7) is 5.21. The normalized spacial score (nSPS) is 23.0. The second-order valence-corrected chi connectivity index (χ2v) is 5.87. The molecule has 1 saturated heterocycles. The van der Waals surface area contributed by atoms with Crippen molar-refractivity contribution in [3.63, 3.8) is 0 Å². The molecular formula is C13H18BrClN2O. The van der Waals surface area contributed by atoms with Gasteiger partial charge in [-0.3, -0.25) is 4.90 Å². The van der Waals surface area contributed by atoms with Crippen molar-refractivity contribution in [1.82, 2.24) is 4.90 Å². The van der Waals surface area contributed by atoms with E-state index in [9.17, 15) is 0 Å². The van der Waals surface area contributed by atoms with Crippen LogP contribution in [-0.4, -0.2) is 37.2 Å². The minimum atomic E-state index is 0.204. The van der Waals surface area contributed by atoms with Crippen molar-refractivity contribution >= 4 is 27.5 Å². The van der Waals surface area contributed by atoms with Gasteiger partial charge in [-0.2, -0.15) is 0 Å². The number of rotatable bonds is 3. The second kappa shape index (κ2) is 6.35. The first-order chi connectivity index (χ1) is 8.63. The standard InChI is InChI=1S/C13H18BrClN2O/c1-9-8-18-5-4-17(9)13(7-16)11-3-2-10(15)6-12(11)14/h2-3,6,9,13H,4-5,7-8,16H2,1H3. The smallest absolute Gasteiger partial charge is 0.0620 e. The van der Waals surface area contributed by atoms with Gasteiger partial charge in [0.1, 0.15) is 0 Å². The largest absolute Gasteiger partial charge is 0.379 e. The van der Waals surface area contributed by atoms with Crippen LogP contribution in [0.2, 0.25) is 5.02 Å². The van der Waals surface area contributed by atoms with Gasteiger partial charge in [-0.25, -0.2) is 0 Å². The van der Waals surface area contributed by atoms with Crippen LogP contribution in [0.4, 0.5) is 0 Å². The Balaban J connectivity index is 2.26. The maximum absolute atomic E-state index is 5.98. The van der Waals surface area contributed by atoms with Gasteiger partial charge in [0.25, 0.3) is 0 Å². The van der Waals surface area contributed by atoms with Gasteiger partial charge in [0, 0.05) is 34.7 Å². The summed E-state index contributed by atoms with van der Waals surface area (Å²) in [6, 6.07) is 6.47. The molecule has 1 aromatic carbocycles. The van der Waals surface area contributed by atoms with Gasteiger partial charge < -0.3 is 10.5 Å². The highest BCUT2D eigenvalue weighted by Gasteiger charge is 2.27. The first kappa shape index (κ1) is 14.3. The van der Waals surface area contributed by atoms with Crippen LogP contribution in [0.5, 0.6) is 0 Å². The SMILES string of the molecule is CC1COCCN1C(CN)c1ccc(Cl)cc1Br. The zero-order chi connectivity index (χ0) is 13.1. The quantitative estimate of drug-likeness (QED) is 0.924. The maximum atomic E-state index is 5.98. The van der Waals surface area contributed by atoms with E-state index in [-0.39, 0.29) is 6.04 Å². The Morgan fingerprint density at radius 1 is 1.61 bits per heavy atom. The van der Waals surface area contributed by atoms with Gasteiger partial charge in [-0.1, -0.05) is 33.6 Å². The van der Waals surface area contributed by atoms with Gasteiger partial charge in [0.05, 0.1) is 13.2 Å². The highest BCUT2D eigenvalue weighted by atomic mass is 79.9. The third kappa shape index (κ3) is 3.06. The molecule has 100 valence electrons. The first-order valence-corrected chi connectivity index (χ1v) is 7.29. The Morgan fingerprint density at radius 2 is 2.39 bits per heavy atom. The topological polar surface area (TPSA) is 38.5 Å². The molecule has 1 heterocycles. The summed E-state index contributed by atoms with van der Waals surface area (Å²) >= 11 is 9.56. The minimum Gasteiger partial charge on any atom is -0.379 e. The van der Waals surface area contributed by atoms with E-state index in [1.165, 1.54) is 5.56 Å². The first-order valence-electron chi connectivity index (χ1n) is 6.12. The van der Waals surface area contributed by atoms with E-state index >= 15 is 0 Å². The van der Waals surface area contributed by atoms with Crippen LogP contribution in [0.1, 0.15) is 18.5 Å². The van der Waals surface area contributed by atoms with Crippen LogP contribution in [0.15, 0.2) is 22.7 Å². The fraction of sp³-hybridized carbons (Fsp3) is 0.538. The summed E-state index contributed by atoms with van der Waals surface area (Å²) in [5, 5.41) is 0.733. The third-order valence-corrected chi connectivity index (χ3v) is 4.29. The molecular weight excluding hydrogens is 316 g/mol. The summed E-state index contributed by atoms with van der Waals surface area (Å²) in [7, 11) is 0. The number of morpholine rings is 1. The predicted octanol–water partition coefficient (Wildman–Crippen LogP) is 2.82. The molecule has 1 fully saturated rings. The van der Waals surface area contributed by atoms with Crippen molar-refractivity contribution in [2.45, 2.75) is 19.0 Å². The van der Waals surface area contributed by atoms with E-state index in [4.69, 9.17) is 22.1 Å². The van der Waals surface area contributed by atoms with Crippen LogP contribution in [0.25, 0.3) is 0 Å². The van der Waals surface area contributed by atoms with Crippen LogP contribution < -0.4 is 5.73 Å². The molecule has 2 atom stereocenters. The molecule has 0 saturated carbocycles. The van der Waals surface area contributed by atoms with Gasteiger partial charge >= 0.3 is 0 Å². The summed E-state index contributed by atoms with van der Waals surface area (Å²) in [5.74, 6) is 0. The molecule has 0 spiro atoms. The zero-order valence-corrected chi connectivity index (χ0v) is 12.7. The van der Waals surface area contributed by atoms with E-state index in [1.54, 1.807) is 0 Å². The van der Waals surface area contributed by atoms with E-state index in [0.717, 1.165) is 29.3 Å². The lowest BCUT2D eigenvalue weighted by Gasteiger charge is -2.39. The maximum Gasteiger partial charge on any atom is 0.0620 e. The molecule has 0 bridgehead atoms. The Kier molecular flexibility index (Phi) is 5.04. The number of hydrogen-bond acceptors (Lipinski definition) is 3. The summed E-state index contributed by atoms with van der Waals surface area (Å²) in [5.41, 5.74) is 7.16. The molecule has 2 rings (SSSR count). The van der Waals surface area contributed by atoms with Crippen LogP contribution in [-0.2, 0) is 4.74 Å². The molecule has 0 amide bonds. The molecule has 18 heavy (non-hydrogen) atoms. The lowest BCUT2D eigenvalue weighted by molar-refractivity contribution is -0.0210. The number of hydrogen-bond donors (Lipinski definition) is 1. The summed E-state index contributed by atoms with van der Waals surface area (Å²) in [6.07, 6.45) is 0. The minimum absolute atomic E-state index is 0.204. The molecule has 1 aliphatic rings. The van der Waals surface area contributed by atoms with Crippen molar-refractivity contribution < 1.29 is 4.74 Å². The average Bonchev–Trinajstić information content (AvgIpc) is 2.34. The number of halogens is 2. The summed E-state index contributed by atoms with van der Waals surface area (Å²) < 4.78 is 6.49. The Labute approximate surface area is 121 Å². The van der Waals surface area contributed by atoms with E-state index < -0.39 is 0 Å². The van der Waals surface area contributed by atoms with Gasteiger partial charge in [0.15, 0.2) is 0 Å². The van der Waals surface area contributed by atoms with Crippen molar-refractivity contribution in [2.24, 2.45) is 5.73 Å². The fourth-order valence-electron chi connectivity index (χ4n) is 2.42. The Morgan fingerprint density at radius 3 is 3.00 bits per heavy atom. The van der Waals surface area contributed by atoms with Crippen LogP contribution >= 0.6 is 27.5 Å². The highest BCUT2D eigenvalue weighted by Crippen LogP contribution is 2.31. The number of nitrogens with two attached hydrogens (primary N) is 1. The van der Waals surface area contributed by atoms with Crippen LogP contribution in [0.3, 0.4) is 0 Å². The van der Waals surface area contributed by atoms with Crippen LogP contribution in [0, 0.1) is 0 Å². The molecule has 3 nitrogen and oxygen atoms in total. The van der Waals surface area contributed by atoms with Crippen molar-refractivity contribution in [1.29, 1.82) is 0 Å². The molecule has 5 heteroatoms. The monoisotopic (exact) mass is 332 g/mol. The second-order valence-electron chi connectivity index (χ2n) is 4.58. The number of ether oxygens (including phenoxy) is 1. The van der Waals surface area contributed by atoms with Crippen molar-refractivity contribution in [3.05, 3.63) is 33.3 Å². The van der Waals surface area contributed by atoms with E-state index in [1.807, 2.05) is 18.2 Å². The molecule has 2 N–H and O–H groups in total. The molecule has 2 unspecified atom stereocenters. The Hall–Kier alpha value is -0.130. The van der Waals surface area contributed by atoms with Gasteiger partial charge in [-0.05, 0) is 24.6 Å². The average molecular weight is 334 g/mol. The molecule has 0 aliphatic carbocycles. The fourth-order valence-corrected chi connectivity index (χ4v) is 3.36. The molecule has 0 radical (unpaired) electrons. The summed E-state index contributed by atoms with van der Waals surface area (Å²) in [4.78, 5) is 2.40. The van der Waals surface area contributed by atoms with E-state index in [2.05, 4.69) is 27.8 Å². The molecule has 1 aliphatic heterocycles. The van der Waals surface area contributed by atoms with Gasteiger partial charge in [0.2, 0.25) is 0 Å². The lowest BCUT2D eigenvalue weighted by Crippen LogP contribution is -2.47. The van der Waals surface area contributed by atoms with E-state index in [0.29, 0.717) is 12.6 Å². The number of nitrogens with zero attached hydrogens (tertiary/aromatic N) is 1. The zero-order valence-electron chi connectivity index (χ0n) is 10.4. The predicted molar refractivity (Wildman–Crippen MR) is 77.9 cm³/mol. The van der Waals surface area contributed by atoms with Crippen molar-refractivity contribution in [2.75, 3.05) is 26.3 Å². The number of benzene rings is 1. The molecule has 0 aromatic heterocycles. The Bertz CT molecular complexity index is 416. The van der Waals surface area contributed by atoms with Gasteiger partial charge in [-0.15, -0.1) is 0 Å². The third-order valence-electron chi connectivity index (χ3n) is 3.36.